The molecule has 128 valence electrons. The van der Waals surface area contributed by atoms with E-state index in [0.717, 1.165) is 16.7 Å². The van der Waals surface area contributed by atoms with Crippen LogP contribution in [0.15, 0.2) is 60.9 Å². The summed E-state index contributed by atoms with van der Waals surface area (Å²) in [4.78, 5) is 16.6. The average Bonchev–Trinajstić information content (AvgIpc) is 3.39. The van der Waals surface area contributed by atoms with E-state index in [1.807, 2.05) is 54.6 Å². The Balaban J connectivity index is 1.44. The number of rotatable bonds is 5. The van der Waals surface area contributed by atoms with Gasteiger partial charge in [-0.25, -0.2) is 4.98 Å². The maximum Gasteiger partial charge on any atom is 0.274 e. The zero-order valence-corrected chi connectivity index (χ0v) is 13.7. The van der Waals surface area contributed by atoms with Crippen molar-refractivity contribution in [3.63, 3.8) is 0 Å². The molecule has 1 amide bonds. The molecular formula is C18H15N7O. The van der Waals surface area contributed by atoms with Crippen LogP contribution in [0, 0.1) is 0 Å². The zero-order chi connectivity index (χ0) is 17.8. The number of hydrogen-bond acceptors (Lipinski definition) is 5. The monoisotopic (exact) mass is 345 g/mol. The van der Waals surface area contributed by atoms with Crippen LogP contribution >= 0.6 is 0 Å². The Bertz CT molecular complexity index is 992. The van der Waals surface area contributed by atoms with Crippen LogP contribution in [0.4, 0.5) is 0 Å². The maximum absolute atomic E-state index is 12.5. The Kier molecular flexibility index (Phi) is 4.21. The number of H-pyrrole nitrogens is 2. The molecule has 2 aromatic heterocycles. The lowest BCUT2D eigenvalue weighted by atomic mass is 10.1. The van der Waals surface area contributed by atoms with Gasteiger partial charge in [0.25, 0.3) is 5.91 Å². The van der Waals surface area contributed by atoms with Gasteiger partial charge in [-0.2, -0.15) is 20.5 Å². The molecular weight excluding hydrogens is 330 g/mol. The molecule has 8 heteroatoms. The van der Waals surface area contributed by atoms with Gasteiger partial charge in [0.2, 0.25) is 0 Å². The predicted octanol–water partition coefficient (Wildman–Crippen LogP) is 2.19. The fourth-order valence-corrected chi connectivity index (χ4v) is 2.58. The van der Waals surface area contributed by atoms with Crippen LogP contribution in [0.25, 0.3) is 22.6 Å². The standard InChI is InChI=1S/C18H15N7O/c26-18(16-15(22-25-23-16)13-4-2-1-3-5-13)19-10-12-6-8-14(9-7-12)17-20-11-21-24-17/h1-9,11H,10H2,(H,19,26)(H,20,21,24)(H,22,23,25). The second-order valence-electron chi connectivity index (χ2n) is 5.60. The van der Waals surface area contributed by atoms with Gasteiger partial charge in [-0.3, -0.25) is 9.89 Å². The van der Waals surface area contributed by atoms with Gasteiger partial charge in [-0.15, -0.1) is 0 Å². The van der Waals surface area contributed by atoms with E-state index in [-0.39, 0.29) is 11.6 Å². The SMILES string of the molecule is O=C(NCc1ccc(-c2ncn[nH]2)cc1)c1n[nH]nc1-c1ccccc1. The normalized spacial score (nSPS) is 10.6. The number of carbonyl (C=O) groups is 1. The second-order valence-corrected chi connectivity index (χ2v) is 5.60. The van der Waals surface area contributed by atoms with Gasteiger partial charge in [-0.1, -0.05) is 54.6 Å². The summed E-state index contributed by atoms with van der Waals surface area (Å²) in [6, 6.07) is 17.2. The molecule has 0 spiro atoms. The molecule has 0 radical (unpaired) electrons. The van der Waals surface area contributed by atoms with Crippen molar-refractivity contribution in [2.45, 2.75) is 6.54 Å². The number of hydrogen-bond donors (Lipinski definition) is 3. The number of nitrogens with zero attached hydrogens (tertiary/aromatic N) is 4. The summed E-state index contributed by atoms with van der Waals surface area (Å²) >= 11 is 0. The molecule has 0 aliphatic heterocycles. The third kappa shape index (κ3) is 3.20. The van der Waals surface area contributed by atoms with Crippen LogP contribution in [0.1, 0.15) is 16.1 Å². The first-order valence-electron chi connectivity index (χ1n) is 8.00. The van der Waals surface area contributed by atoms with Crippen molar-refractivity contribution >= 4 is 5.91 Å². The largest absolute Gasteiger partial charge is 0.346 e. The molecule has 26 heavy (non-hydrogen) atoms. The van der Waals surface area contributed by atoms with Gasteiger partial charge in [0.1, 0.15) is 12.0 Å². The molecule has 4 rings (SSSR count). The Morgan fingerprint density at radius 1 is 0.962 bits per heavy atom. The van der Waals surface area contributed by atoms with Crippen LogP contribution in [-0.2, 0) is 6.54 Å². The summed E-state index contributed by atoms with van der Waals surface area (Å²) in [5.74, 6) is 0.424. The maximum atomic E-state index is 12.5. The highest BCUT2D eigenvalue weighted by atomic mass is 16.2. The lowest BCUT2D eigenvalue weighted by Crippen LogP contribution is -2.23. The minimum atomic E-state index is -0.281. The predicted molar refractivity (Wildman–Crippen MR) is 94.8 cm³/mol. The Morgan fingerprint density at radius 3 is 2.50 bits per heavy atom. The first-order valence-corrected chi connectivity index (χ1v) is 8.00. The van der Waals surface area contributed by atoms with E-state index < -0.39 is 0 Å². The first kappa shape index (κ1) is 15.7. The van der Waals surface area contributed by atoms with Crippen molar-refractivity contribution in [3.05, 3.63) is 72.2 Å². The summed E-state index contributed by atoms with van der Waals surface area (Å²) in [6.07, 6.45) is 1.46. The van der Waals surface area contributed by atoms with Gasteiger partial charge in [0.05, 0.1) is 0 Å². The molecule has 2 heterocycles. The van der Waals surface area contributed by atoms with Gasteiger partial charge < -0.3 is 5.32 Å². The number of carbonyl (C=O) groups excluding carboxylic acids is 1. The minimum absolute atomic E-state index is 0.273. The Hall–Kier alpha value is -3.81. The molecule has 0 bridgehead atoms. The highest BCUT2D eigenvalue weighted by molar-refractivity contribution is 5.97. The summed E-state index contributed by atoms with van der Waals surface area (Å²) < 4.78 is 0. The molecule has 0 unspecified atom stereocenters. The van der Waals surface area contributed by atoms with Crippen LogP contribution in [0.5, 0.6) is 0 Å². The Morgan fingerprint density at radius 2 is 1.77 bits per heavy atom. The summed E-state index contributed by atoms with van der Waals surface area (Å²) in [7, 11) is 0. The van der Waals surface area contributed by atoms with Gasteiger partial charge in [0, 0.05) is 17.7 Å². The molecule has 3 N–H and O–H groups in total. The van der Waals surface area contributed by atoms with Crippen LogP contribution < -0.4 is 5.32 Å². The number of aromatic amines is 2. The van der Waals surface area contributed by atoms with E-state index in [0.29, 0.717) is 18.1 Å². The van der Waals surface area contributed by atoms with Crippen LogP contribution in [-0.4, -0.2) is 36.5 Å². The van der Waals surface area contributed by atoms with Crippen molar-refractivity contribution in [1.29, 1.82) is 0 Å². The molecule has 0 saturated heterocycles. The van der Waals surface area contributed by atoms with Gasteiger partial charge in [-0.05, 0) is 5.56 Å². The fraction of sp³-hybridized carbons (Fsp3) is 0.0556. The molecule has 0 fully saturated rings. The minimum Gasteiger partial charge on any atom is -0.346 e. The van der Waals surface area contributed by atoms with E-state index in [4.69, 9.17) is 0 Å². The Labute approximate surface area is 148 Å². The number of benzene rings is 2. The summed E-state index contributed by atoms with van der Waals surface area (Å²) in [5.41, 5.74) is 3.54. The van der Waals surface area contributed by atoms with Crippen molar-refractivity contribution in [3.8, 4) is 22.6 Å². The van der Waals surface area contributed by atoms with E-state index in [1.165, 1.54) is 6.33 Å². The highest BCUT2D eigenvalue weighted by Crippen LogP contribution is 2.19. The topological polar surface area (TPSA) is 112 Å². The van der Waals surface area contributed by atoms with Gasteiger partial charge in [0.15, 0.2) is 11.5 Å². The summed E-state index contributed by atoms with van der Waals surface area (Å²) in [5, 5.41) is 20.1. The number of amides is 1. The van der Waals surface area contributed by atoms with Crippen LogP contribution in [0.2, 0.25) is 0 Å². The first-order chi connectivity index (χ1) is 12.8. The number of aromatic nitrogens is 6. The lowest BCUT2D eigenvalue weighted by molar-refractivity contribution is 0.0946. The van der Waals surface area contributed by atoms with E-state index >= 15 is 0 Å². The third-order valence-electron chi connectivity index (χ3n) is 3.91. The zero-order valence-electron chi connectivity index (χ0n) is 13.7. The van der Waals surface area contributed by atoms with Crippen molar-refractivity contribution < 1.29 is 4.79 Å². The molecule has 0 aliphatic rings. The van der Waals surface area contributed by atoms with E-state index in [1.54, 1.807) is 0 Å². The molecule has 8 nitrogen and oxygen atoms in total. The fourth-order valence-electron chi connectivity index (χ4n) is 2.58. The van der Waals surface area contributed by atoms with Crippen LogP contribution in [0.3, 0.4) is 0 Å². The number of nitrogens with one attached hydrogen (secondary N) is 3. The molecule has 0 aliphatic carbocycles. The molecule has 0 saturated carbocycles. The quantitative estimate of drug-likeness (QED) is 0.513. The van der Waals surface area contributed by atoms with E-state index in [9.17, 15) is 4.79 Å². The lowest BCUT2D eigenvalue weighted by Gasteiger charge is -2.05. The van der Waals surface area contributed by atoms with Crippen molar-refractivity contribution in [2.75, 3.05) is 0 Å². The van der Waals surface area contributed by atoms with Crippen molar-refractivity contribution in [1.82, 2.24) is 35.9 Å². The van der Waals surface area contributed by atoms with E-state index in [2.05, 4.69) is 35.9 Å². The molecule has 0 atom stereocenters. The van der Waals surface area contributed by atoms with Crippen molar-refractivity contribution in [2.24, 2.45) is 0 Å². The molecule has 4 aromatic rings. The second kappa shape index (κ2) is 6.98. The molecule has 2 aromatic carbocycles. The van der Waals surface area contributed by atoms with Gasteiger partial charge >= 0.3 is 0 Å². The third-order valence-corrected chi connectivity index (χ3v) is 3.91. The smallest absolute Gasteiger partial charge is 0.274 e. The average molecular weight is 345 g/mol. The summed E-state index contributed by atoms with van der Waals surface area (Å²) in [6.45, 7) is 0.386. The highest BCUT2D eigenvalue weighted by Gasteiger charge is 2.17.